The number of hydrogen-bond donors (Lipinski definition) is 2. The molecule has 4 nitrogen and oxygen atoms in total. The van der Waals surface area contributed by atoms with E-state index in [1.165, 1.54) is 12.1 Å². The largest absolute Gasteiger partial charge is 0.478 e. The highest BCUT2D eigenvalue weighted by Gasteiger charge is 2.01. The fraction of sp³-hybridized carbons (Fsp3) is 0.111. The van der Waals surface area contributed by atoms with Crippen LogP contribution in [-0.2, 0) is 4.79 Å². The summed E-state index contributed by atoms with van der Waals surface area (Å²) in [7, 11) is 0. The Morgan fingerprint density at radius 2 is 2.31 bits per heavy atom. The lowest BCUT2D eigenvalue weighted by Crippen LogP contribution is -2.03. The summed E-state index contributed by atoms with van der Waals surface area (Å²) in [6, 6.07) is 6.30. The maximum absolute atomic E-state index is 10.5. The van der Waals surface area contributed by atoms with Gasteiger partial charge in [0.05, 0.1) is 12.1 Å². The summed E-state index contributed by atoms with van der Waals surface area (Å²) in [5, 5.41) is 11.4. The van der Waals surface area contributed by atoms with Crippen LogP contribution in [0.25, 0.3) is 0 Å². The minimum Gasteiger partial charge on any atom is -0.478 e. The van der Waals surface area contributed by atoms with Gasteiger partial charge in [-0.05, 0) is 18.2 Å². The molecule has 0 aliphatic heterocycles. The molecule has 1 aromatic carbocycles. The van der Waals surface area contributed by atoms with E-state index in [2.05, 4.69) is 5.32 Å². The van der Waals surface area contributed by atoms with Crippen molar-refractivity contribution in [2.75, 3.05) is 11.9 Å². The molecule has 4 heteroatoms. The van der Waals surface area contributed by atoms with Crippen LogP contribution >= 0.6 is 0 Å². The standard InChI is InChI=1S/C9H9NO3/c11-5-4-10-8-3-1-2-7(6-8)9(12)13/h1-3,5-6,10H,4H2,(H,12,13). The molecule has 0 aliphatic carbocycles. The molecule has 0 radical (unpaired) electrons. The molecule has 0 atom stereocenters. The van der Waals surface area contributed by atoms with Crippen molar-refractivity contribution < 1.29 is 14.7 Å². The highest BCUT2D eigenvalue weighted by Crippen LogP contribution is 2.09. The number of rotatable bonds is 4. The molecule has 0 unspecified atom stereocenters. The van der Waals surface area contributed by atoms with E-state index in [0.29, 0.717) is 12.0 Å². The Balaban J connectivity index is 2.79. The van der Waals surface area contributed by atoms with Crippen LogP contribution in [0.15, 0.2) is 24.3 Å². The van der Waals surface area contributed by atoms with Gasteiger partial charge in [0, 0.05) is 5.69 Å². The molecule has 0 fully saturated rings. The normalized spacial score (nSPS) is 9.23. The summed E-state index contributed by atoms with van der Waals surface area (Å²) >= 11 is 0. The molecule has 0 amide bonds. The van der Waals surface area contributed by atoms with Gasteiger partial charge in [0.2, 0.25) is 0 Å². The summed E-state index contributed by atoms with van der Waals surface area (Å²) < 4.78 is 0. The number of aromatic carboxylic acids is 1. The van der Waals surface area contributed by atoms with Crippen molar-refractivity contribution in [3.8, 4) is 0 Å². The minimum absolute atomic E-state index is 0.184. The van der Waals surface area contributed by atoms with Crippen molar-refractivity contribution in [1.29, 1.82) is 0 Å². The molecule has 0 spiro atoms. The van der Waals surface area contributed by atoms with Gasteiger partial charge < -0.3 is 15.2 Å². The summed E-state index contributed by atoms with van der Waals surface area (Å²) in [4.78, 5) is 20.5. The number of carboxylic acids is 1. The molecule has 0 heterocycles. The van der Waals surface area contributed by atoms with Crippen molar-refractivity contribution >= 4 is 17.9 Å². The third kappa shape index (κ3) is 2.59. The van der Waals surface area contributed by atoms with Gasteiger partial charge in [-0.1, -0.05) is 6.07 Å². The van der Waals surface area contributed by atoms with Crippen LogP contribution in [0.5, 0.6) is 0 Å². The Labute approximate surface area is 75.2 Å². The van der Waals surface area contributed by atoms with Crippen LogP contribution in [0.2, 0.25) is 0 Å². The summed E-state index contributed by atoms with van der Waals surface area (Å²) in [5.74, 6) is -0.977. The monoisotopic (exact) mass is 179 g/mol. The first kappa shape index (κ1) is 9.25. The van der Waals surface area contributed by atoms with E-state index in [9.17, 15) is 9.59 Å². The molecule has 0 saturated heterocycles. The maximum atomic E-state index is 10.5. The Morgan fingerprint density at radius 1 is 1.54 bits per heavy atom. The van der Waals surface area contributed by atoms with E-state index >= 15 is 0 Å². The van der Waals surface area contributed by atoms with Crippen LogP contribution in [0.3, 0.4) is 0 Å². The second kappa shape index (κ2) is 4.25. The molecular formula is C9H9NO3. The zero-order valence-corrected chi connectivity index (χ0v) is 6.86. The van der Waals surface area contributed by atoms with Crippen LogP contribution in [0, 0.1) is 0 Å². The number of carbonyl (C=O) groups excluding carboxylic acids is 1. The Kier molecular flexibility index (Phi) is 3.03. The van der Waals surface area contributed by atoms with Crippen LogP contribution in [0.4, 0.5) is 5.69 Å². The average molecular weight is 179 g/mol. The second-order valence-electron chi connectivity index (χ2n) is 2.43. The lowest BCUT2D eigenvalue weighted by Gasteiger charge is -2.02. The Bertz CT molecular complexity index is 322. The van der Waals surface area contributed by atoms with E-state index in [0.717, 1.165) is 0 Å². The molecule has 2 N–H and O–H groups in total. The van der Waals surface area contributed by atoms with Gasteiger partial charge in [-0.15, -0.1) is 0 Å². The zero-order valence-electron chi connectivity index (χ0n) is 6.86. The maximum Gasteiger partial charge on any atom is 0.335 e. The number of carboxylic acid groups (broad SMARTS) is 1. The van der Waals surface area contributed by atoms with Gasteiger partial charge in [0.25, 0.3) is 0 Å². The predicted octanol–water partition coefficient (Wildman–Crippen LogP) is 0.996. The Morgan fingerprint density at radius 3 is 2.92 bits per heavy atom. The minimum atomic E-state index is -0.977. The van der Waals surface area contributed by atoms with Crippen LogP contribution < -0.4 is 5.32 Å². The van der Waals surface area contributed by atoms with Crippen molar-refractivity contribution in [1.82, 2.24) is 0 Å². The van der Waals surface area contributed by atoms with E-state index in [1.807, 2.05) is 0 Å². The number of anilines is 1. The van der Waals surface area contributed by atoms with Crippen molar-refractivity contribution in [3.63, 3.8) is 0 Å². The van der Waals surface area contributed by atoms with Gasteiger partial charge in [-0.25, -0.2) is 4.79 Å². The predicted molar refractivity (Wildman–Crippen MR) is 48.0 cm³/mol. The van der Waals surface area contributed by atoms with E-state index in [4.69, 9.17) is 5.11 Å². The molecule has 68 valence electrons. The molecule has 0 bridgehead atoms. The van der Waals surface area contributed by atoms with Gasteiger partial charge >= 0.3 is 5.97 Å². The summed E-state index contributed by atoms with van der Waals surface area (Å²) in [6.07, 6.45) is 0.716. The zero-order chi connectivity index (χ0) is 9.68. The van der Waals surface area contributed by atoms with Gasteiger partial charge in [-0.3, -0.25) is 0 Å². The average Bonchev–Trinajstić information content (AvgIpc) is 2.15. The summed E-state index contributed by atoms with van der Waals surface area (Å²) in [6.45, 7) is 0.184. The molecule has 0 saturated carbocycles. The van der Waals surface area contributed by atoms with Gasteiger partial charge in [-0.2, -0.15) is 0 Å². The van der Waals surface area contributed by atoms with Crippen LogP contribution in [0.1, 0.15) is 10.4 Å². The van der Waals surface area contributed by atoms with Gasteiger partial charge in [0.15, 0.2) is 0 Å². The van der Waals surface area contributed by atoms with Crippen molar-refractivity contribution in [2.45, 2.75) is 0 Å². The fourth-order valence-corrected chi connectivity index (χ4v) is 0.922. The first-order valence-corrected chi connectivity index (χ1v) is 3.75. The molecule has 0 aliphatic rings. The number of benzene rings is 1. The first-order valence-electron chi connectivity index (χ1n) is 3.75. The first-order chi connectivity index (χ1) is 6.24. The Hall–Kier alpha value is -1.84. The smallest absolute Gasteiger partial charge is 0.335 e. The summed E-state index contributed by atoms with van der Waals surface area (Å²) in [5.41, 5.74) is 0.836. The number of aldehydes is 1. The quantitative estimate of drug-likeness (QED) is 0.676. The lowest BCUT2D eigenvalue weighted by molar-refractivity contribution is -0.106. The van der Waals surface area contributed by atoms with Crippen molar-refractivity contribution in [2.24, 2.45) is 0 Å². The molecule has 1 aromatic rings. The molecule has 0 aromatic heterocycles. The number of nitrogens with one attached hydrogen (secondary N) is 1. The van der Waals surface area contributed by atoms with E-state index in [1.54, 1.807) is 12.1 Å². The molecule has 1 rings (SSSR count). The topological polar surface area (TPSA) is 66.4 Å². The van der Waals surface area contributed by atoms with Crippen LogP contribution in [-0.4, -0.2) is 23.9 Å². The number of hydrogen-bond acceptors (Lipinski definition) is 3. The van der Waals surface area contributed by atoms with E-state index in [-0.39, 0.29) is 12.1 Å². The third-order valence-corrected chi connectivity index (χ3v) is 1.50. The molecular weight excluding hydrogens is 170 g/mol. The highest BCUT2D eigenvalue weighted by atomic mass is 16.4. The second-order valence-corrected chi connectivity index (χ2v) is 2.43. The highest BCUT2D eigenvalue weighted by molar-refractivity contribution is 5.88. The SMILES string of the molecule is O=CCNc1cccc(C(=O)O)c1. The van der Waals surface area contributed by atoms with Crippen molar-refractivity contribution in [3.05, 3.63) is 29.8 Å². The van der Waals surface area contributed by atoms with Gasteiger partial charge in [0.1, 0.15) is 6.29 Å². The number of carbonyl (C=O) groups is 2. The van der Waals surface area contributed by atoms with E-state index < -0.39 is 5.97 Å². The fourth-order valence-electron chi connectivity index (χ4n) is 0.922. The lowest BCUT2D eigenvalue weighted by atomic mass is 10.2. The molecule has 13 heavy (non-hydrogen) atoms. The third-order valence-electron chi connectivity index (χ3n) is 1.50.